The van der Waals surface area contributed by atoms with E-state index in [2.05, 4.69) is 41.2 Å². The molecule has 0 radical (unpaired) electrons. The van der Waals surface area contributed by atoms with Crippen LogP contribution in [-0.2, 0) is 9.53 Å². The maximum atomic E-state index is 13.6. The molecule has 7 saturated carbocycles. The second-order valence-corrected chi connectivity index (χ2v) is 11.8. The molecule has 0 spiro atoms. The first-order valence-electron chi connectivity index (χ1n) is 11.6. The van der Waals surface area contributed by atoms with E-state index in [1.807, 2.05) is 0 Å². The number of carbonyl (C=O) groups is 1. The van der Waals surface area contributed by atoms with Crippen LogP contribution in [-0.4, -0.2) is 11.6 Å². The van der Waals surface area contributed by atoms with Gasteiger partial charge in [0.1, 0.15) is 5.60 Å². The van der Waals surface area contributed by atoms with Crippen molar-refractivity contribution >= 4 is 5.97 Å². The lowest BCUT2D eigenvalue weighted by molar-refractivity contribution is -0.266. The first-order chi connectivity index (χ1) is 12.7. The summed E-state index contributed by atoms with van der Waals surface area (Å²) in [5, 5.41) is 0. The molecule has 27 heavy (non-hydrogen) atoms. The number of hydrogen-bond donors (Lipinski definition) is 0. The highest BCUT2D eigenvalue weighted by molar-refractivity contribution is 5.81. The van der Waals surface area contributed by atoms with Gasteiger partial charge >= 0.3 is 5.97 Å². The second kappa shape index (κ2) is 5.63. The molecule has 0 N–H and O–H groups in total. The summed E-state index contributed by atoms with van der Waals surface area (Å²) in [6, 6.07) is 0. The molecule has 7 aliphatic rings. The van der Waals surface area contributed by atoms with E-state index in [1.165, 1.54) is 19.3 Å². The molecule has 8 bridgehead atoms. The van der Waals surface area contributed by atoms with Crippen LogP contribution in [0.2, 0.25) is 0 Å². The molecule has 1 atom stereocenters. The minimum Gasteiger partial charge on any atom is -0.458 e. The van der Waals surface area contributed by atoms with Gasteiger partial charge in [-0.15, -0.1) is 0 Å². The van der Waals surface area contributed by atoms with Crippen molar-refractivity contribution in [1.82, 2.24) is 0 Å². The largest absolute Gasteiger partial charge is 0.458 e. The van der Waals surface area contributed by atoms with Crippen LogP contribution >= 0.6 is 0 Å². The van der Waals surface area contributed by atoms with Crippen molar-refractivity contribution < 1.29 is 9.53 Å². The first-order valence-corrected chi connectivity index (χ1v) is 11.6. The quantitative estimate of drug-likeness (QED) is 0.447. The zero-order valence-electron chi connectivity index (χ0n) is 18.0. The molecule has 0 aromatic heterocycles. The van der Waals surface area contributed by atoms with E-state index < -0.39 is 5.41 Å². The van der Waals surface area contributed by atoms with Crippen LogP contribution in [0.25, 0.3) is 0 Å². The van der Waals surface area contributed by atoms with E-state index in [0.717, 1.165) is 66.3 Å². The molecule has 0 aliphatic heterocycles. The van der Waals surface area contributed by atoms with Crippen molar-refractivity contribution in [2.75, 3.05) is 0 Å². The highest BCUT2D eigenvalue weighted by Gasteiger charge is 2.68. The monoisotopic (exact) mass is 370 g/mol. The fraction of sp³-hybridized carbons (Fsp3) is 0.880. The van der Waals surface area contributed by atoms with Crippen LogP contribution in [0.5, 0.6) is 0 Å². The number of esters is 1. The third-order valence-corrected chi connectivity index (χ3v) is 10.2. The van der Waals surface area contributed by atoms with Crippen LogP contribution in [0.4, 0.5) is 0 Å². The van der Waals surface area contributed by atoms with Crippen molar-refractivity contribution in [3.63, 3.8) is 0 Å². The SMILES string of the molecule is C=C(C(C)C)C(C)(C(=O)OC12CC3C4CC5CC3C(C1)C(C5)C4C2)C(C)C. The standard InChI is InChI=1S/C25H38O2/c1-13(2)15(5)24(6,14(3)4)23(26)27-25-10-20-17-7-16-8-18(20)22(12-25)19(9-16)21(17)11-25/h13-14,16-22H,5,7-12H2,1-4,6H3. The molecule has 7 aliphatic carbocycles. The van der Waals surface area contributed by atoms with Gasteiger partial charge in [-0.1, -0.05) is 39.8 Å². The van der Waals surface area contributed by atoms with Crippen LogP contribution in [0.15, 0.2) is 12.2 Å². The molecular weight excluding hydrogens is 332 g/mol. The summed E-state index contributed by atoms with van der Waals surface area (Å²) < 4.78 is 6.58. The summed E-state index contributed by atoms with van der Waals surface area (Å²) in [6.45, 7) is 15.0. The molecule has 0 saturated heterocycles. The maximum Gasteiger partial charge on any atom is 0.316 e. The summed E-state index contributed by atoms with van der Waals surface area (Å²) in [5.74, 6) is 6.96. The summed E-state index contributed by atoms with van der Waals surface area (Å²) in [4.78, 5) is 13.6. The minimum atomic E-state index is -0.574. The molecule has 1 unspecified atom stereocenters. The molecule has 2 nitrogen and oxygen atoms in total. The molecule has 0 aromatic carbocycles. The summed E-state index contributed by atoms with van der Waals surface area (Å²) in [6.07, 6.45) is 7.90. The number of hydrogen-bond acceptors (Lipinski definition) is 2. The van der Waals surface area contributed by atoms with E-state index in [1.54, 1.807) is 0 Å². The molecule has 150 valence electrons. The van der Waals surface area contributed by atoms with Crippen molar-refractivity contribution in [2.24, 2.45) is 58.7 Å². The minimum absolute atomic E-state index is 0.00907. The number of carbonyl (C=O) groups excluding carboxylic acids is 1. The molecule has 0 amide bonds. The Kier molecular flexibility index (Phi) is 3.81. The highest BCUT2D eigenvalue weighted by Crippen LogP contribution is 2.72. The van der Waals surface area contributed by atoms with Crippen molar-refractivity contribution in [3.8, 4) is 0 Å². The Balaban J connectivity index is 1.42. The van der Waals surface area contributed by atoms with Crippen LogP contribution < -0.4 is 0 Å². The van der Waals surface area contributed by atoms with Gasteiger partial charge in [-0.2, -0.15) is 0 Å². The Bertz CT molecular complexity index is 614. The van der Waals surface area contributed by atoms with E-state index in [4.69, 9.17) is 4.74 Å². The topological polar surface area (TPSA) is 26.3 Å². The van der Waals surface area contributed by atoms with Gasteiger partial charge in [0.25, 0.3) is 0 Å². The smallest absolute Gasteiger partial charge is 0.316 e. The van der Waals surface area contributed by atoms with Crippen LogP contribution in [0, 0.1) is 58.7 Å². The van der Waals surface area contributed by atoms with Gasteiger partial charge < -0.3 is 4.74 Å². The highest BCUT2D eigenvalue weighted by atomic mass is 16.6. The third-order valence-electron chi connectivity index (χ3n) is 10.2. The Hall–Kier alpha value is -0.790. The van der Waals surface area contributed by atoms with E-state index in [-0.39, 0.29) is 17.5 Å². The zero-order valence-corrected chi connectivity index (χ0v) is 18.0. The average molecular weight is 371 g/mol. The molecule has 0 aromatic rings. The van der Waals surface area contributed by atoms with Crippen molar-refractivity contribution in [2.45, 2.75) is 78.7 Å². The molecule has 0 heterocycles. The van der Waals surface area contributed by atoms with Crippen LogP contribution in [0.3, 0.4) is 0 Å². The number of rotatable bonds is 5. The maximum absolute atomic E-state index is 13.6. The second-order valence-electron chi connectivity index (χ2n) is 11.8. The lowest BCUT2D eigenvalue weighted by atomic mass is 9.35. The molecule has 2 heteroatoms. The van der Waals surface area contributed by atoms with Gasteiger partial charge in [-0.25, -0.2) is 0 Å². The summed E-state index contributed by atoms with van der Waals surface area (Å²) in [7, 11) is 0. The predicted octanol–water partition coefficient (Wildman–Crippen LogP) is 5.86. The van der Waals surface area contributed by atoms with Gasteiger partial charge in [-0.05, 0) is 98.7 Å². The van der Waals surface area contributed by atoms with Gasteiger partial charge in [0.2, 0.25) is 0 Å². The Morgan fingerprint density at radius 3 is 1.74 bits per heavy atom. The fourth-order valence-electron chi connectivity index (χ4n) is 8.61. The summed E-state index contributed by atoms with van der Waals surface area (Å²) in [5.41, 5.74) is 0.304. The number of ether oxygens (including phenoxy) is 1. The van der Waals surface area contributed by atoms with Gasteiger partial charge in [0.05, 0.1) is 5.41 Å². The van der Waals surface area contributed by atoms with E-state index in [0.29, 0.717) is 5.92 Å². The molecular formula is C25H38O2. The van der Waals surface area contributed by atoms with Crippen LogP contribution in [0.1, 0.15) is 73.1 Å². The Labute approximate surface area is 165 Å². The first kappa shape index (κ1) is 18.3. The van der Waals surface area contributed by atoms with Crippen molar-refractivity contribution in [3.05, 3.63) is 12.2 Å². The normalized spacial score (nSPS) is 48.3. The average Bonchev–Trinajstić information content (AvgIpc) is 2.63. The van der Waals surface area contributed by atoms with Crippen molar-refractivity contribution in [1.29, 1.82) is 0 Å². The zero-order chi connectivity index (χ0) is 19.3. The lowest BCUT2D eigenvalue weighted by Crippen LogP contribution is -2.68. The molecule has 7 fully saturated rings. The lowest BCUT2D eigenvalue weighted by Gasteiger charge is -2.72. The summed E-state index contributed by atoms with van der Waals surface area (Å²) >= 11 is 0. The van der Waals surface area contributed by atoms with Gasteiger partial charge in [0, 0.05) is 0 Å². The van der Waals surface area contributed by atoms with Gasteiger partial charge in [-0.3, -0.25) is 4.79 Å². The van der Waals surface area contributed by atoms with Gasteiger partial charge in [0.15, 0.2) is 0 Å². The predicted molar refractivity (Wildman–Crippen MR) is 108 cm³/mol. The van der Waals surface area contributed by atoms with E-state index >= 15 is 0 Å². The van der Waals surface area contributed by atoms with E-state index in [9.17, 15) is 4.79 Å². The fourth-order valence-corrected chi connectivity index (χ4v) is 8.61. The third kappa shape index (κ3) is 2.28. The Morgan fingerprint density at radius 1 is 0.926 bits per heavy atom. The Morgan fingerprint density at radius 2 is 1.37 bits per heavy atom. The molecule has 7 rings (SSSR count).